The highest BCUT2D eigenvalue weighted by Gasteiger charge is 2.25. The molecule has 0 radical (unpaired) electrons. The lowest BCUT2D eigenvalue weighted by molar-refractivity contribution is 0.616. The third-order valence-corrected chi connectivity index (χ3v) is 5.32. The molecule has 1 atom stereocenters. The molecule has 0 saturated heterocycles. The number of fused-ring (bicyclic) bond motifs is 1. The lowest BCUT2D eigenvalue weighted by Crippen LogP contribution is -2.34. The minimum Gasteiger partial charge on any atom is -0.362 e. The normalized spacial score (nSPS) is 16.6. The van der Waals surface area contributed by atoms with E-state index in [1.165, 1.54) is 41.0 Å². The van der Waals surface area contributed by atoms with Crippen LogP contribution in [0, 0.1) is 6.92 Å². The summed E-state index contributed by atoms with van der Waals surface area (Å²) >= 11 is 1.84. The first kappa shape index (κ1) is 13.7. The van der Waals surface area contributed by atoms with Crippen LogP contribution in [0.1, 0.15) is 34.9 Å². The molecule has 3 rings (SSSR count). The molecular weight excluding hydrogens is 264 g/mol. The number of aryl methyl sites for hydroxylation is 2. The van der Waals surface area contributed by atoms with Crippen molar-refractivity contribution in [3.05, 3.63) is 51.7 Å². The van der Waals surface area contributed by atoms with Crippen LogP contribution in [-0.2, 0) is 6.42 Å². The third-order valence-electron chi connectivity index (χ3n) is 4.20. The molecule has 0 spiro atoms. The van der Waals surface area contributed by atoms with E-state index in [0.717, 1.165) is 6.54 Å². The molecule has 106 valence electrons. The molecule has 0 aliphatic carbocycles. The average Bonchev–Trinajstić information content (AvgIpc) is 2.77. The van der Waals surface area contributed by atoms with Crippen molar-refractivity contribution in [1.29, 1.82) is 0 Å². The van der Waals surface area contributed by atoms with Gasteiger partial charge in [-0.1, -0.05) is 18.2 Å². The summed E-state index contributed by atoms with van der Waals surface area (Å²) in [6.45, 7) is 3.98. The zero-order chi connectivity index (χ0) is 13.9. The first-order valence-electron chi connectivity index (χ1n) is 7.40. The lowest BCUT2D eigenvalue weighted by atomic mass is 10.1. The Kier molecular flexibility index (Phi) is 4.08. The van der Waals surface area contributed by atoms with Crippen LogP contribution < -0.4 is 10.6 Å². The molecule has 0 amide bonds. The fourth-order valence-corrected chi connectivity index (χ4v) is 4.20. The number of hydrogen-bond acceptors (Lipinski definition) is 3. The number of rotatable bonds is 3. The van der Waals surface area contributed by atoms with E-state index < -0.39 is 0 Å². The first-order valence-corrected chi connectivity index (χ1v) is 8.28. The molecule has 3 heteroatoms. The molecule has 1 aromatic heterocycles. The predicted molar refractivity (Wildman–Crippen MR) is 87.6 cm³/mol. The van der Waals surface area contributed by atoms with Gasteiger partial charge < -0.3 is 10.6 Å². The Hall–Kier alpha value is -1.32. The fraction of sp³-hybridized carbons (Fsp3) is 0.412. The first-order chi connectivity index (χ1) is 9.81. The predicted octanol–water partition coefficient (Wildman–Crippen LogP) is 3.90. The third kappa shape index (κ3) is 2.48. The van der Waals surface area contributed by atoms with Crippen molar-refractivity contribution in [2.24, 2.45) is 5.73 Å². The Morgan fingerprint density at radius 1 is 1.25 bits per heavy atom. The van der Waals surface area contributed by atoms with Crippen molar-refractivity contribution in [1.82, 2.24) is 0 Å². The van der Waals surface area contributed by atoms with Gasteiger partial charge in [-0.3, -0.25) is 0 Å². The summed E-state index contributed by atoms with van der Waals surface area (Å²) in [5, 5.41) is 2.18. The summed E-state index contributed by atoms with van der Waals surface area (Å²) in [6, 6.07) is 11.3. The van der Waals surface area contributed by atoms with Crippen molar-refractivity contribution in [3.8, 4) is 0 Å². The fourth-order valence-electron chi connectivity index (χ4n) is 3.15. The number of para-hydroxylation sites is 1. The average molecular weight is 286 g/mol. The zero-order valence-corrected chi connectivity index (χ0v) is 12.8. The van der Waals surface area contributed by atoms with Gasteiger partial charge >= 0.3 is 0 Å². The van der Waals surface area contributed by atoms with Gasteiger partial charge in [-0.15, -0.1) is 11.3 Å². The Labute approximate surface area is 125 Å². The standard InChI is InChI=1S/C17H22N2S/c1-13-9-11-20-17(13)16(12-18)19-10-5-4-7-14-6-2-3-8-15(14)19/h2-3,6,8-9,11,16H,4-5,7,10,12,18H2,1H3. The molecule has 0 bridgehead atoms. The lowest BCUT2D eigenvalue weighted by Gasteiger charge is -2.33. The molecular formula is C17H22N2S. The molecule has 1 aliphatic rings. The Balaban J connectivity index is 2.01. The highest BCUT2D eigenvalue weighted by atomic mass is 32.1. The number of anilines is 1. The topological polar surface area (TPSA) is 29.3 Å². The van der Waals surface area contributed by atoms with Gasteiger partial charge in [-0.2, -0.15) is 0 Å². The summed E-state index contributed by atoms with van der Waals surface area (Å²) in [7, 11) is 0. The number of benzene rings is 1. The number of nitrogens with zero attached hydrogens (tertiary/aromatic N) is 1. The van der Waals surface area contributed by atoms with E-state index in [2.05, 4.69) is 47.5 Å². The Bertz CT molecular complexity index is 576. The summed E-state index contributed by atoms with van der Waals surface area (Å²) < 4.78 is 0. The van der Waals surface area contributed by atoms with Crippen LogP contribution in [-0.4, -0.2) is 13.1 Å². The maximum Gasteiger partial charge on any atom is 0.0759 e. The Morgan fingerprint density at radius 2 is 2.10 bits per heavy atom. The summed E-state index contributed by atoms with van der Waals surface area (Å²) in [4.78, 5) is 3.95. The second-order valence-electron chi connectivity index (χ2n) is 5.50. The summed E-state index contributed by atoms with van der Waals surface area (Å²) in [6.07, 6.45) is 3.71. The van der Waals surface area contributed by atoms with E-state index in [0.29, 0.717) is 12.6 Å². The second-order valence-corrected chi connectivity index (χ2v) is 6.45. The van der Waals surface area contributed by atoms with Crippen molar-refractivity contribution < 1.29 is 0 Å². The van der Waals surface area contributed by atoms with Gasteiger partial charge in [0.15, 0.2) is 0 Å². The molecule has 2 nitrogen and oxygen atoms in total. The van der Waals surface area contributed by atoms with Gasteiger partial charge in [0.25, 0.3) is 0 Å². The number of thiophene rings is 1. The van der Waals surface area contributed by atoms with Crippen LogP contribution in [0.15, 0.2) is 35.7 Å². The van der Waals surface area contributed by atoms with Crippen LogP contribution in [0.5, 0.6) is 0 Å². The minimum atomic E-state index is 0.314. The van der Waals surface area contributed by atoms with E-state index in [1.807, 2.05) is 11.3 Å². The number of hydrogen-bond donors (Lipinski definition) is 1. The smallest absolute Gasteiger partial charge is 0.0759 e. The van der Waals surface area contributed by atoms with Gasteiger partial charge in [-0.05, 0) is 54.8 Å². The van der Waals surface area contributed by atoms with Crippen LogP contribution >= 0.6 is 11.3 Å². The molecule has 20 heavy (non-hydrogen) atoms. The van der Waals surface area contributed by atoms with Crippen molar-refractivity contribution >= 4 is 17.0 Å². The maximum absolute atomic E-state index is 6.14. The largest absolute Gasteiger partial charge is 0.362 e. The highest BCUT2D eigenvalue weighted by Crippen LogP contribution is 2.35. The molecule has 1 unspecified atom stereocenters. The van der Waals surface area contributed by atoms with E-state index >= 15 is 0 Å². The second kappa shape index (κ2) is 5.98. The van der Waals surface area contributed by atoms with Gasteiger partial charge in [0.2, 0.25) is 0 Å². The highest BCUT2D eigenvalue weighted by molar-refractivity contribution is 7.10. The molecule has 2 N–H and O–H groups in total. The molecule has 1 aliphatic heterocycles. The SMILES string of the molecule is Cc1ccsc1C(CN)N1CCCCc2ccccc21. The monoisotopic (exact) mass is 286 g/mol. The Morgan fingerprint density at radius 3 is 2.85 bits per heavy atom. The van der Waals surface area contributed by atoms with Crippen LogP contribution in [0.25, 0.3) is 0 Å². The van der Waals surface area contributed by atoms with Crippen molar-refractivity contribution in [2.75, 3.05) is 18.0 Å². The van der Waals surface area contributed by atoms with Gasteiger partial charge in [0.05, 0.1) is 6.04 Å². The van der Waals surface area contributed by atoms with Gasteiger partial charge in [-0.25, -0.2) is 0 Å². The molecule has 2 heterocycles. The van der Waals surface area contributed by atoms with E-state index in [9.17, 15) is 0 Å². The van der Waals surface area contributed by atoms with Crippen LogP contribution in [0.4, 0.5) is 5.69 Å². The number of nitrogens with two attached hydrogens (primary N) is 1. The van der Waals surface area contributed by atoms with E-state index in [1.54, 1.807) is 0 Å². The van der Waals surface area contributed by atoms with Crippen molar-refractivity contribution in [3.63, 3.8) is 0 Å². The van der Waals surface area contributed by atoms with Crippen LogP contribution in [0.2, 0.25) is 0 Å². The van der Waals surface area contributed by atoms with Crippen LogP contribution in [0.3, 0.4) is 0 Å². The summed E-state index contributed by atoms with van der Waals surface area (Å²) in [5.74, 6) is 0. The molecule has 0 saturated carbocycles. The molecule has 0 fully saturated rings. The zero-order valence-electron chi connectivity index (χ0n) is 12.0. The molecule has 1 aromatic carbocycles. The minimum absolute atomic E-state index is 0.314. The van der Waals surface area contributed by atoms with Crippen molar-refractivity contribution in [2.45, 2.75) is 32.2 Å². The van der Waals surface area contributed by atoms with E-state index in [4.69, 9.17) is 5.73 Å². The summed E-state index contributed by atoms with van der Waals surface area (Å²) in [5.41, 5.74) is 10.4. The van der Waals surface area contributed by atoms with Gasteiger partial charge in [0.1, 0.15) is 0 Å². The maximum atomic E-state index is 6.14. The molecule has 2 aromatic rings. The van der Waals surface area contributed by atoms with E-state index in [-0.39, 0.29) is 0 Å². The quantitative estimate of drug-likeness (QED) is 0.927. The van der Waals surface area contributed by atoms with Gasteiger partial charge in [0, 0.05) is 23.7 Å².